The Bertz CT molecular complexity index is 240. The van der Waals surface area contributed by atoms with Crippen molar-refractivity contribution in [2.75, 3.05) is 0 Å². The minimum atomic E-state index is -0.358. The van der Waals surface area contributed by atoms with E-state index < -0.39 is 0 Å². The topological polar surface area (TPSA) is 26.3 Å². The Kier molecular flexibility index (Phi) is 10.9. The Morgan fingerprint density at radius 2 is 1.35 bits per heavy atom. The van der Waals surface area contributed by atoms with E-state index >= 15 is 0 Å². The molecule has 0 fully saturated rings. The molecule has 0 spiro atoms. The van der Waals surface area contributed by atoms with E-state index in [0.29, 0.717) is 0 Å². The van der Waals surface area contributed by atoms with Crippen molar-refractivity contribution in [3.05, 3.63) is 0 Å². The molecule has 0 aromatic heterocycles. The van der Waals surface area contributed by atoms with Crippen molar-refractivity contribution in [1.82, 2.24) is 0 Å². The van der Waals surface area contributed by atoms with Gasteiger partial charge in [0.2, 0.25) is 0 Å². The van der Waals surface area contributed by atoms with Gasteiger partial charge in [0.1, 0.15) is 5.60 Å². The lowest BCUT2D eigenvalue weighted by Gasteiger charge is -2.24. The highest BCUT2D eigenvalue weighted by Crippen LogP contribution is 2.22. The number of rotatable bonds is 11. The van der Waals surface area contributed by atoms with Crippen LogP contribution in [-0.2, 0) is 9.53 Å². The van der Waals surface area contributed by atoms with Crippen LogP contribution >= 0.6 is 0 Å². The molecule has 120 valence electrons. The minimum absolute atomic E-state index is 0.0134. The van der Waals surface area contributed by atoms with Crippen LogP contribution < -0.4 is 0 Å². The van der Waals surface area contributed by atoms with Gasteiger partial charge in [-0.15, -0.1) is 0 Å². The second kappa shape index (κ2) is 11.2. The average Bonchev–Trinajstić information content (AvgIpc) is 2.34. The maximum absolute atomic E-state index is 12.2. The molecule has 20 heavy (non-hydrogen) atoms. The van der Waals surface area contributed by atoms with E-state index in [4.69, 9.17) is 4.74 Å². The predicted octanol–water partition coefficient (Wildman–Crippen LogP) is 5.89. The summed E-state index contributed by atoms with van der Waals surface area (Å²) in [5.41, 5.74) is -0.358. The monoisotopic (exact) mass is 284 g/mol. The van der Waals surface area contributed by atoms with Gasteiger partial charge in [0.15, 0.2) is 0 Å². The molecule has 0 aromatic carbocycles. The molecule has 0 saturated heterocycles. The molecule has 1 atom stereocenters. The van der Waals surface area contributed by atoms with Gasteiger partial charge in [-0.2, -0.15) is 0 Å². The van der Waals surface area contributed by atoms with E-state index in [1.54, 1.807) is 0 Å². The van der Waals surface area contributed by atoms with Gasteiger partial charge in [-0.05, 0) is 33.6 Å². The van der Waals surface area contributed by atoms with Crippen LogP contribution in [0.3, 0.4) is 0 Å². The number of esters is 1. The van der Waals surface area contributed by atoms with Gasteiger partial charge in [0.05, 0.1) is 5.92 Å². The summed E-state index contributed by atoms with van der Waals surface area (Å²) in [6.07, 6.45) is 12.0. The Labute approximate surface area is 126 Å². The lowest BCUT2D eigenvalue weighted by molar-refractivity contribution is -0.160. The summed E-state index contributed by atoms with van der Waals surface area (Å²) in [7, 11) is 0. The molecule has 0 saturated carbocycles. The highest BCUT2D eigenvalue weighted by Gasteiger charge is 2.24. The van der Waals surface area contributed by atoms with Gasteiger partial charge in [-0.25, -0.2) is 0 Å². The molecule has 1 unspecified atom stereocenters. The van der Waals surface area contributed by atoms with Gasteiger partial charge < -0.3 is 4.74 Å². The summed E-state index contributed by atoms with van der Waals surface area (Å²) in [5.74, 6) is 0.125. The first-order valence-corrected chi connectivity index (χ1v) is 8.63. The van der Waals surface area contributed by atoms with Crippen molar-refractivity contribution in [3.8, 4) is 0 Å². The van der Waals surface area contributed by atoms with Crippen LogP contribution in [0.25, 0.3) is 0 Å². The van der Waals surface area contributed by atoms with Crippen molar-refractivity contribution in [3.63, 3.8) is 0 Å². The summed E-state index contributed by atoms with van der Waals surface area (Å²) in [4.78, 5) is 12.2. The molecule has 2 nitrogen and oxygen atoms in total. The van der Waals surface area contributed by atoms with Gasteiger partial charge in [-0.1, -0.05) is 65.2 Å². The number of ether oxygens (including phenoxy) is 1. The molecular weight excluding hydrogens is 248 g/mol. The van der Waals surface area contributed by atoms with E-state index in [9.17, 15) is 4.79 Å². The van der Waals surface area contributed by atoms with Crippen LogP contribution in [0.5, 0.6) is 0 Å². The Hall–Kier alpha value is -0.530. The first-order chi connectivity index (χ1) is 9.40. The molecule has 0 aliphatic carbocycles. The maximum atomic E-state index is 12.2. The SMILES string of the molecule is CCCCCCCCC(CCCC)C(=O)OC(C)(C)C. The molecule has 0 rings (SSSR count). The van der Waals surface area contributed by atoms with E-state index in [1.807, 2.05) is 20.8 Å². The second-order valence-electron chi connectivity index (χ2n) is 6.93. The summed E-state index contributed by atoms with van der Waals surface area (Å²) in [6, 6.07) is 0. The van der Waals surface area contributed by atoms with Gasteiger partial charge in [0.25, 0.3) is 0 Å². The van der Waals surface area contributed by atoms with Crippen molar-refractivity contribution < 1.29 is 9.53 Å². The molecule has 0 heterocycles. The highest BCUT2D eigenvalue weighted by atomic mass is 16.6. The first-order valence-electron chi connectivity index (χ1n) is 8.63. The van der Waals surface area contributed by atoms with Crippen LogP contribution in [0.2, 0.25) is 0 Å². The van der Waals surface area contributed by atoms with Gasteiger partial charge in [0, 0.05) is 0 Å². The number of unbranched alkanes of at least 4 members (excludes halogenated alkanes) is 6. The number of carbonyl (C=O) groups is 1. The molecule has 0 bridgehead atoms. The largest absolute Gasteiger partial charge is 0.460 e. The fourth-order valence-electron chi connectivity index (χ4n) is 2.39. The third kappa shape index (κ3) is 11.3. The van der Waals surface area contributed by atoms with Crippen molar-refractivity contribution in [2.45, 2.75) is 104 Å². The summed E-state index contributed by atoms with van der Waals surface area (Å²) in [5, 5.41) is 0. The standard InChI is InChI=1S/C18H36O2/c1-6-8-10-11-12-13-15-16(14-9-7-2)17(19)20-18(3,4)5/h16H,6-15H2,1-5H3. The zero-order chi connectivity index (χ0) is 15.4. The van der Waals surface area contributed by atoms with E-state index in [0.717, 1.165) is 32.1 Å². The smallest absolute Gasteiger partial charge is 0.309 e. The van der Waals surface area contributed by atoms with E-state index in [1.165, 1.54) is 32.1 Å². The maximum Gasteiger partial charge on any atom is 0.309 e. The Morgan fingerprint density at radius 1 is 0.850 bits per heavy atom. The van der Waals surface area contributed by atoms with Crippen molar-refractivity contribution >= 4 is 5.97 Å². The Balaban J connectivity index is 4.04. The molecule has 0 aliphatic rings. The van der Waals surface area contributed by atoms with Crippen LogP contribution in [-0.4, -0.2) is 11.6 Å². The van der Waals surface area contributed by atoms with Gasteiger partial charge in [-0.3, -0.25) is 4.79 Å². The normalized spacial score (nSPS) is 13.2. The number of hydrogen-bond acceptors (Lipinski definition) is 2. The van der Waals surface area contributed by atoms with Crippen molar-refractivity contribution in [2.24, 2.45) is 5.92 Å². The van der Waals surface area contributed by atoms with Gasteiger partial charge >= 0.3 is 5.97 Å². The van der Waals surface area contributed by atoms with E-state index in [2.05, 4.69) is 13.8 Å². The zero-order valence-electron chi connectivity index (χ0n) is 14.5. The minimum Gasteiger partial charge on any atom is -0.460 e. The fourth-order valence-corrected chi connectivity index (χ4v) is 2.39. The molecular formula is C18H36O2. The predicted molar refractivity (Wildman–Crippen MR) is 86.9 cm³/mol. The van der Waals surface area contributed by atoms with E-state index in [-0.39, 0.29) is 17.5 Å². The quantitative estimate of drug-likeness (QED) is 0.349. The van der Waals surface area contributed by atoms with Crippen LogP contribution in [0.4, 0.5) is 0 Å². The lowest BCUT2D eigenvalue weighted by atomic mass is 9.95. The molecule has 0 aliphatic heterocycles. The average molecular weight is 284 g/mol. The zero-order valence-corrected chi connectivity index (χ0v) is 14.5. The number of carbonyl (C=O) groups excluding carboxylic acids is 1. The van der Waals surface area contributed by atoms with Crippen molar-refractivity contribution in [1.29, 1.82) is 0 Å². The van der Waals surface area contributed by atoms with Crippen LogP contribution in [0, 0.1) is 5.92 Å². The summed E-state index contributed by atoms with van der Waals surface area (Å²) >= 11 is 0. The number of hydrogen-bond donors (Lipinski definition) is 0. The summed E-state index contributed by atoms with van der Waals surface area (Å²) < 4.78 is 5.55. The molecule has 2 heteroatoms. The lowest BCUT2D eigenvalue weighted by Crippen LogP contribution is -2.28. The molecule has 0 N–H and O–H groups in total. The Morgan fingerprint density at radius 3 is 1.90 bits per heavy atom. The third-order valence-electron chi connectivity index (χ3n) is 3.55. The van der Waals surface area contributed by atoms with Crippen LogP contribution in [0.15, 0.2) is 0 Å². The van der Waals surface area contributed by atoms with Crippen LogP contribution in [0.1, 0.15) is 98.8 Å². The first kappa shape index (κ1) is 19.5. The third-order valence-corrected chi connectivity index (χ3v) is 3.55. The molecule has 0 amide bonds. The fraction of sp³-hybridized carbons (Fsp3) is 0.944. The second-order valence-corrected chi connectivity index (χ2v) is 6.93. The molecule has 0 radical (unpaired) electrons. The molecule has 0 aromatic rings. The summed E-state index contributed by atoms with van der Waals surface area (Å²) in [6.45, 7) is 10.3. The highest BCUT2D eigenvalue weighted by molar-refractivity contribution is 5.72.